The van der Waals surface area contributed by atoms with E-state index in [0.717, 1.165) is 48.0 Å². The molecule has 20 heavy (non-hydrogen) atoms. The van der Waals surface area contributed by atoms with Gasteiger partial charge in [0.1, 0.15) is 0 Å². The van der Waals surface area contributed by atoms with Crippen molar-refractivity contribution >= 4 is 21.9 Å². The number of aryl methyl sites for hydroxylation is 2. The summed E-state index contributed by atoms with van der Waals surface area (Å²) >= 11 is 3.60. The Kier molecular flexibility index (Phi) is 4.57. The summed E-state index contributed by atoms with van der Waals surface area (Å²) in [6.07, 6.45) is 5.09. The summed E-state index contributed by atoms with van der Waals surface area (Å²) in [5.41, 5.74) is 1.41. The molecular formula is C15H23BrN2O2. The predicted molar refractivity (Wildman–Crippen MR) is 81.7 cm³/mol. The number of carboxylic acid groups (broad SMARTS) is 1. The average molecular weight is 343 g/mol. The standard InChI is InChI=1S/C15H23BrN2O2/c1-4-10-6-7-15(8-10,14(19)20)9-12-13(16)11(5-2)17-18(12)3/h10H,4-9H2,1-3H3,(H,19,20). The highest BCUT2D eigenvalue weighted by Gasteiger charge is 2.45. The van der Waals surface area contributed by atoms with Crippen molar-refractivity contribution in [3.63, 3.8) is 0 Å². The van der Waals surface area contributed by atoms with Crippen LogP contribution in [0, 0.1) is 11.3 Å². The lowest BCUT2D eigenvalue weighted by atomic mass is 9.80. The second kappa shape index (κ2) is 5.88. The molecule has 0 aliphatic heterocycles. The van der Waals surface area contributed by atoms with E-state index in [1.165, 1.54) is 0 Å². The number of carboxylic acids is 1. The first kappa shape index (κ1) is 15.5. The van der Waals surface area contributed by atoms with E-state index in [-0.39, 0.29) is 0 Å². The highest BCUT2D eigenvalue weighted by atomic mass is 79.9. The van der Waals surface area contributed by atoms with E-state index in [0.29, 0.717) is 12.3 Å². The number of hydrogen-bond acceptors (Lipinski definition) is 2. The summed E-state index contributed by atoms with van der Waals surface area (Å²) < 4.78 is 2.83. The highest BCUT2D eigenvalue weighted by molar-refractivity contribution is 9.10. The Hall–Kier alpha value is -0.840. The molecule has 1 aromatic heterocycles. The van der Waals surface area contributed by atoms with Crippen molar-refractivity contribution < 1.29 is 9.90 Å². The number of hydrogen-bond donors (Lipinski definition) is 1. The zero-order valence-electron chi connectivity index (χ0n) is 12.4. The van der Waals surface area contributed by atoms with E-state index in [1.807, 2.05) is 11.7 Å². The first-order chi connectivity index (χ1) is 9.43. The van der Waals surface area contributed by atoms with Crippen LogP contribution in [-0.2, 0) is 24.7 Å². The lowest BCUT2D eigenvalue weighted by Gasteiger charge is -2.24. The largest absolute Gasteiger partial charge is 0.481 e. The first-order valence-electron chi connectivity index (χ1n) is 7.37. The Morgan fingerprint density at radius 1 is 1.55 bits per heavy atom. The molecule has 1 aromatic rings. The molecule has 1 aliphatic rings. The van der Waals surface area contributed by atoms with Crippen molar-refractivity contribution in [1.29, 1.82) is 0 Å². The average Bonchev–Trinajstić information content (AvgIpc) is 2.96. The van der Waals surface area contributed by atoms with Crippen LogP contribution >= 0.6 is 15.9 Å². The minimum atomic E-state index is -0.653. The highest BCUT2D eigenvalue weighted by Crippen LogP contribution is 2.46. The van der Waals surface area contributed by atoms with E-state index in [4.69, 9.17) is 0 Å². The monoisotopic (exact) mass is 342 g/mol. The Balaban J connectivity index is 2.31. The Morgan fingerprint density at radius 3 is 2.70 bits per heavy atom. The quantitative estimate of drug-likeness (QED) is 0.889. The fourth-order valence-corrected chi connectivity index (χ4v) is 4.10. The molecule has 0 bridgehead atoms. The number of halogens is 1. The molecule has 1 N–H and O–H groups in total. The van der Waals surface area contributed by atoms with Crippen LogP contribution in [-0.4, -0.2) is 20.9 Å². The molecule has 0 spiro atoms. The number of rotatable bonds is 5. The second-order valence-electron chi connectivity index (χ2n) is 5.96. The zero-order valence-corrected chi connectivity index (χ0v) is 14.0. The summed E-state index contributed by atoms with van der Waals surface area (Å²) in [5, 5.41) is 14.2. The van der Waals surface area contributed by atoms with Gasteiger partial charge in [-0.2, -0.15) is 5.10 Å². The molecule has 0 radical (unpaired) electrons. The Bertz CT molecular complexity index is 512. The predicted octanol–water partition coefficient (Wildman–Crippen LogP) is 3.57. The molecule has 2 rings (SSSR count). The van der Waals surface area contributed by atoms with E-state index in [1.54, 1.807) is 0 Å². The normalized spacial score (nSPS) is 26.1. The topological polar surface area (TPSA) is 55.1 Å². The lowest BCUT2D eigenvalue weighted by Crippen LogP contribution is -2.31. The van der Waals surface area contributed by atoms with Crippen LogP contribution in [0.3, 0.4) is 0 Å². The summed E-state index contributed by atoms with van der Waals surface area (Å²) in [5.74, 6) is -0.108. The molecule has 1 heterocycles. The number of aromatic nitrogens is 2. The smallest absolute Gasteiger partial charge is 0.310 e. The molecule has 4 nitrogen and oxygen atoms in total. The van der Waals surface area contributed by atoms with Crippen molar-refractivity contribution in [2.75, 3.05) is 0 Å². The molecule has 1 aliphatic carbocycles. The molecule has 5 heteroatoms. The van der Waals surface area contributed by atoms with Crippen LogP contribution in [0.1, 0.15) is 50.9 Å². The van der Waals surface area contributed by atoms with Gasteiger partial charge in [0.05, 0.1) is 21.3 Å². The van der Waals surface area contributed by atoms with Gasteiger partial charge in [0.15, 0.2) is 0 Å². The molecule has 0 saturated heterocycles. The van der Waals surface area contributed by atoms with Gasteiger partial charge in [-0.15, -0.1) is 0 Å². The van der Waals surface area contributed by atoms with Crippen molar-refractivity contribution in [1.82, 2.24) is 9.78 Å². The van der Waals surface area contributed by atoms with Gasteiger partial charge in [0.25, 0.3) is 0 Å². The Labute approximate surface area is 128 Å². The van der Waals surface area contributed by atoms with Crippen LogP contribution in [0.2, 0.25) is 0 Å². The lowest BCUT2D eigenvalue weighted by molar-refractivity contribution is -0.148. The van der Waals surface area contributed by atoms with Crippen LogP contribution in [0.15, 0.2) is 4.47 Å². The van der Waals surface area contributed by atoms with E-state index >= 15 is 0 Å². The fraction of sp³-hybridized carbons (Fsp3) is 0.733. The van der Waals surface area contributed by atoms with Gasteiger partial charge in [-0.3, -0.25) is 9.48 Å². The number of aliphatic carboxylic acids is 1. The third-order valence-electron chi connectivity index (χ3n) is 4.75. The number of carbonyl (C=O) groups is 1. The zero-order chi connectivity index (χ0) is 14.9. The minimum absolute atomic E-state index is 0.545. The summed E-state index contributed by atoms with van der Waals surface area (Å²) in [6, 6.07) is 0. The third kappa shape index (κ3) is 2.65. The van der Waals surface area contributed by atoms with Crippen molar-refractivity contribution in [2.45, 2.75) is 52.4 Å². The van der Waals surface area contributed by atoms with Crippen LogP contribution in [0.5, 0.6) is 0 Å². The molecule has 1 saturated carbocycles. The van der Waals surface area contributed by atoms with Gasteiger partial charge in [0.2, 0.25) is 0 Å². The summed E-state index contributed by atoms with van der Waals surface area (Å²) in [6.45, 7) is 4.21. The molecule has 2 atom stereocenters. The van der Waals surface area contributed by atoms with E-state index < -0.39 is 11.4 Å². The maximum atomic E-state index is 11.8. The fourth-order valence-electron chi connectivity index (χ4n) is 3.35. The SMILES string of the molecule is CCc1nn(C)c(CC2(C(=O)O)CCC(CC)C2)c1Br. The van der Waals surface area contributed by atoms with E-state index in [9.17, 15) is 9.90 Å². The number of nitrogens with zero attached hydrogens (tertiary/aromatic N) is 2. The second-order valence-corrected chi connectivity index (χ2v) is 6.76. The van der Waals surface area contributed by atoms with E-state index in [2.05, 4.69) is 34.9 Å². The van der Waals surface area contributed by atoms with Gasteiger partial charge >= 0.3 is 5.97 Å². The summed E-state index contributed by atoms with van der Waals surface area (Å²) in [4.78, 5) is 11.8. The van der Waals surface area contributed by atoms with Crippen molar-refractivity contribution in [3.8, 4) is 0 Å². The molecule has 112 valence electrons. The van der Waals surface area contributed by atoms with Gasteiger partial charge in [-0.25, -0.2) is 0 Å². The van der Waals surface area contributed by atoms with Crippen LogP contribution in [0.4, 0.5) is 0 Å². The third-order valence-corrected chi connectivity index (χ3v) is 5.67. The molecule has 2 unspecified atom stereocenters. The molecule has 1 fully saturated rings. The maximum Gasteiger partial charge on any atom is 0.310 e. The van der Waals surface area contributed by atoms with Crippen LogP contribution < -0.4 is 0 Å². The van der Waals surface area contributed by atoms with Gasteiger partial charge in [-0.05, 0) is 47.5 Å². The molecule has 0 aromatic carbocycles. The summed E-state index contributed by atoms with van der Waals surface area (Å²) in [7, 11) is 1.90. The molecule has 0 amide bonds. The Morgan fingerprint density at radius 2 is 2.25 bits per heavy atom. The first-order valence-corrected chi connectivity index (χ1v) is 8.16. The van der Waals surface area contributed by atoms with Gasteiger partial charge in [-0.1, -0.05) is 20.3 Å². The van der Waals surface area contributed by atoms with Crippen LogP contribution in [0.25, 0.3) is 0 Å². The minimum Gasteiger partial charge on any atom is -0.481 e. The van der Waals surface area contributed by atoms with Crippen molar-refractivity contribution in [2.24, 2.45) is 18.4 Å². The van der Waals surface area contributed by atoms with Gasteiger partial charge in [0, 0.05) is 13.5 Å². The molecular weight excluding hydrogens is 320 g/mol. The van der Waals surface area contributed by atoms with Crippen molar-refractivity contribution in [3.05, 3.63) is 15.9 Å². The maximum absolute atomic E-state index is 11.8. The van der Waals surface area contributed by atoms with Gasteiger partial charge < -0.3 is 5.11 Å².